The lowest BCUT2D eigenvalue weighted by Gasteiger charge is -2.11. The molecule has 1 amide bonds. The second-order valence-corrected chi connectivity index (χ2v) is 6.23. The van der Waals surface area contributed by atoms with E-state index in [2.05, 4.69) is 21.4 Å². The van der Waals surface area contributed by atoms with E-state index in [4.69, 9.17) is 0 Å². The minimum Gasteiger partial charge on any atom is -0.347 e. The molecule has 0 saturated heterocycles. The number of thiazole rings is 1. The van der Waals surface area contributed by atoms with Gasteiger partial charge in [0.05, 0.1) is 16.3 Å². The number of rotatable bonds is 5. The molecule has 112 valence electrons. The number of aromatic nitrogens is 2. The predicted octanol–water partition coefficient (Wildman–Crippen LogP) is 3.50. The number of carbonyl (C=O) groups is 1. The van der Waals surface area contributed by atoms with E-state index in [9.17, 15) is 4.79 Å². The molecule has 0 bridgehead atoms. The van der Waals surface area contributed by atoms with Gasteiger partial charge in [0.25, 0.3) is 0 Å². The zero-order valence-corrected chi connectivity index (χ0v) is 13.1. The Hall–Kier alpha value is -2.27. The van der Waals surface area contributed by atoms with Crippen molar-refractivity contribution in [1.29, 1.82) is 0 Å². The van der Waals surface area contributed by atoms with Crippen molar-refractivity contribution < 1.29 is 4.79 Å². The summed E-state index contributed by atoms with van der Waals surface area (Å²) < 4.78 is 1.15. The number of pyridine rings is 1. The van der Waals surface area contributed by atoms with E-state index in [0.29, 0.717) is 6.42 Å². The third-order valence-corrected chi connectivity index (χ3v) is 4.67. The average molecular weight is 311 g/mol. The molecule has 0 aliphatic carbocycles. The van der Waals surface area contributed by atoms with Crippen molar-refractivity contribution >= 4 is 27.5 Å². The van der Waals surface area contributed by atoms with Crippen molar-refractivity contribution in [2.24, 2.45) is 0 Å². The number of para-hydroxylation sites is 1. The van der Waals surface area contributed by atoms with Crippen molar-refractivity contribution in [2.45, 2.75) is 25.8 Å². The second-order valence-electron chi connectivity index (χ2n) is 5.16. The van der Waals surface area contributed by atoms with Gasteiger partial charge in [-0.05, 0) is 43.2 Å². The van der Waals surface area contributed by atoms with Crippen LogP contribution in [0, 0.1) is 0 Å². The average Bonchev–Trinajstić information content (AvgIpc) is 2.98. The van der Waals surface area contributed by atoms with Gasteiger partial charge in [-0.25, -0.2) is 4.98 Å². The first-order valence-corrected chi connectivity index (χ1v) is 8.08. The molecule has 3 aromatic rings. The zero-order valence-electron chi connectivity index (χ0n) is 12.3. The summed E-state index contributed by atoms with van der Waals surface area (Å²) in [6, 6.07) is 11.8. The van der Waals surface area contributed by atoms with E-state index in [1.54, 1.807) is 23.7 Å². The zero-order chi connectivity index (χ0) is 15.4. The lowest BCUT2D eigenvalue weighted by molar-refractivity contribution is -0.121. The highest BCUT2D eigenvalue weighted by Gasteiger charge is 2.13. The molecular weight excluding hydrogens is 294 g/mol. The van der Waals surface area contributed by atoms with Gasteiger partial charge >= 0.3 is 0 Å². The van der Waals surface area contributed by atoms with Crippen LogP contribution in [0.1, 0.15) is 30.0 Å². The summed E-state index contributed by atoms with van der Waals surface area (Å²) >= 11 is 1.63. The van der Waals surface area contributed by atoms with Crippen LogP contribution in [0.3, 0.4) is 0 Å². The Bertz CT molecular complexity index is 737. The van der Waals surface area contributed by atoms with Gasteiger partial charge in [0, 0.05) is 18.8 Å². The molecular formula is C17H17N3OS. The Kier molecular flexibility index (Phi) is 4.44. The molecule has 1 atom stereocenters. The van der Waals surface area contributed by atoms with Crippen LogP contribution in [-0.4, -0.2) is 15.9 Å². The van der Waals surface area contributed by atoms with Crippen LogP contribution in [0.25, 0.3) is 10.2 Å². The maximum absolute atomic E-state index is 12.1. The molecule has 4 nitrogen and oxygen atoms in total. The monoisotopic (exact) mass is 311 g/mol. The predicted molar refractivity (Wildman–Crippen MR) is 88.7 cm³/mol. The highest BCUT2D eigenvalue weighted by atomic mass is 32.1. The van der Waals surface area contributed by atoms with Gasteiger partial charge in [-0.1, -0.05) is 12.1 Å². The van der Waals surface area contributed by atoms with Gasteiger partial charge in [-0.2, -0.15) is 0 Å². The first-order valence-electron chi connectivity index (χ1n) is 7.26. The van der Waals surface area contributed by atoms with E-state index >= 15 is 0 Å². The number of benzene rings is 1. The van der Waals surface area contributed by atoms with Crippen molar-refractivity contribution in [3.05, 3.63) is 59.4 Å². The lowest BCUT2D eigenvalue weighted by atomic mass is 10.1. The summed E-state index contributed by atoms with van der Waals surface area (Å²) in [7, 11) is 0. The van der Waals surface area contributed by atoms with Crippen LogP contribution < -0.4 is 5.32 Å². The number of nitrogens with zero attached hydrogens (tertiary/aromatic N) is 2. The van der Waals surface area contributed by atoms with E-state index in [-0.39, 0.29) is 11.9 Å². The molecule has 3 rings (SSSR count). The molecule has 1 N–H and O–H groups in total. The van der Waals surface area contributed by atoms with Crippen LogP contribution >= 0.6 is 11.3 Å². The molecule has 0 spiro atoms. The summed E-state index contributed by atoms with van der Waals surface area (Å²) in [5.41, 5.74) is 2.11. The summed E-state index contributed by atoms with van der Waals surface area (Å²) in [4.78, 5) is 20.6. The summed E-state index contributed by atoms with van der Waals surface area (Å²) in [6.07, 6.45) is 4.69. The van der Waals surface area contributed by atoms with E-state index in [1.165, 1.54) is 0 Å². The third-order valence-electron chi connectivity index (χ3n) is 3.45. The number of aryl methyl sites for hydroxylation is 1. The number of carbonyl (C=O) groups excluding carboxylic acids is 1. The highest BCUT2D eigenvalue weighted by molar-refractivity contribution is 7.18. The maximum atomic E-state index is 12.1. The molecule has 2 heterocycles. The quantitative estimate of drug-likeness (QED) is 0.784. The highest BCUT2D eigenvalue weighted by Crippen LogP contribution is 2.26. The SMILES string of the molecule is C[C@H](NC(=O)CCc1ccncc1)c1nc2ccccc2s1. The molecule has 22 heavy (non-hydrogen) atoms. The number of nitrogens with one attached hydrogen (secondary N) is 1. The van der Waals surface area contributed by atoms with E-state index < -0.39 is 0 Å². The molecule has 0 aliphatic rings. The topological polar surface area (TPSA) is 54.9 Å². The van der Waals surface area contributed by atoms with E-state index in [1.807, 2.05) is 37.3 Å². The molecule has 0 aliphatic heterocycles. The first kappa shape index (κ1) is 14.7. The fourth-order valence-electron chi connectivity index (χ4n) is 2.26. The fraction of sp³-hybridized carbons (Fsp3) is 0.235. The Balaban J connectivity index is 1.58. The van der Waals surface area contributed by atoms with Gasteiger partial charge < -0.3 is 5.32 Å². The van der Waals surface area contributed by atoms with Crippen LogP contribution in [0.4, 0.5) is 0 Å². The smallest absolute Gasteiger partial charge is 0.220 e. The second kappa shape index (κ2) is 6.66. The minimum absolute atomic E-state index is 0.0450. The summed E-state index contributed by atoms with van der Waals surface area (Å²) in [5, 5.41) is 3.96. The van der Waals surface area contributed by atoms with Crippen LogP contribution in [0.2, 0.25) is 0 Å². The van der Waals surface area contributed by atoms with Crippen molar-refractivity contribution in [2.75, 3.05) is 0 Å². The Morgan fingerprint density at radius 1 is 1.23 bits per heavy atom. The molecule has 2 aromatic heterocycles. The van der Waals surface area contributed by atoms with Crippen molar-refractivity contribution in [3.8, 4) is 0 Å². The lowest BCUT2D eigenvalue weighted by Crippen LogP contribution is -2.26. The fourth-order valence-corrected chi connectivity index (χ4v) is 3.23. The minimum atomic E-state index is -0.0673. The summed E-state index contributed by atoms with van der Waals surface area (Å²) in [5.74, 6) is 0.0450. The molecule has 1 aromatic carbocycles. The largest absolute Gasteiger partial charge is 0.347 e. The third kappa shape index (κ3) is 3.49. The van der Waals surface area contributed by atoms with Crippen LogP contribution in [0.5, 0.6) is 0 Å². The molecule has 0 radical (unpaired) electrons. The van der Waals surface area contributed by atoms with Gasteiger partial charge in [0.2, 0.25) is 5.91 Å². The number of amides is 1. The van der Waals surface area contributed by atoms with Gasteiger partial charge in [-0.3, -0.25) is 9.78 Å². The number of hydrogen-bond acceptors (Lipinski definition) is 4. The van der Waals surface area contributed by atoms with Gasteiger partial charge in [-0.15, -0.1) is 11.3 Å². The molecule has 5 heteroatoms. The molecule has 0 saturated carbocycles. The summed E-state index contributed by atoms with van der Waals surface area (Å²) in [6.45, 7) is 1.97. The maximum Gasteiger partial charge on any atom is 0.220 e. The normalized spacial score (nSPS) is 12.2. The van der Waals surface area contributed by atoms with E-state index in [0.717, 1.165) is 27.2 Å². The first-order chi connectivity index (χ1) is 10.7. The standard InChI is InChI=1S/C17H17N3OS/c1-12(17-20-14-4-2-3-5-15(14)22-17)19-16(21)7-6-13-8-10-18-11-9-13/h2-5,8-12H,6-7H2,1H3,(H,19,21)/t12-/m0/s1. The van der Waals surface area contributed by atoms with Crippen molar-refractivity contribution in [1.82, 2.24) is 15.3 Å². The van der Waals surface area contributed by atoms with Crippen molar-refractivity contribution in [3.63, 3.8) is 0 Å². The number of fused-ring (bicyclic) bond motifs is 1. The Morgan fingerprint density at radius 3 is 2.77 bits per heavy atom. The Morgan fingerprint density at radius 2 is 2.00 bits per heavy atom. The van der Waals surface area contributed by atoms with Crippen LogP contribution in [-0.2, 0) is 11.2 Å². The molecule has 0 fully saturated rings. The molecule has 0 unspecified atom stereocenters. The Labute approximate surface area is 133 Å². The van der Waals surface area contributed by atoms with Gasteiger partial charge in [0.1, 0.15) is 5.01 Å². The van der Waals surface area contributed by atoms with Crippen LogP contribution in [0.15, 0.2) is 48.8 Å². The number of hydrogen-bond donors (Lipinski definition) is 1. The van der Waals surface area contributed by atoms with Gasteiger partial charge in [0.15, 0.2) is 0 Å².